The highest BCUT2D eigenvalue weighted by molar-refractivity contribution is 6.15. The third-order valence-electron chi connectivity index (χ3n) is 11.2. The third kappa shape index (κ3) is 5.26. The highest BCUT2D eigenvalue weighted by atomic mass is 16.3. The number of rotatable bonds is 6. The molecule has 0 fully saturated rings. The molecule has 0 amide bonds. The van der Waals surface area contributed by atoms with Crippen molar-refractivity contribution in [2.24, 2.45) is 0 Å². The van der Waals surface area contributed by atoms with Crippen LogP contribution in [0.5, 0.6) is 0 Å². The van der Waals surface area contributed by atoms with E-state index < -0.39 is 0 Å². The van der Waals surface area contributed by atoms with Crippen molar-refractivity contribution in [3.8, 4) is 33.4 Å². The van der Waals surface area contributed by atoms with Crippen LogP contribution in [0.2, 0.25) is 0 Å². The van der Waals surface area contributed by atoms with Crippen LogP contribution in [0.4, 0.5) is 17.1 Å². The molecule has 0 saturated heterocycles. The molecule has 1 aromatic heterocycles. The minimum absolute atomic E-state index is 0.849. The van der Waals surface area contributed by atoms with Crippen molar-refractivity contribution in [3.05, 3.63) is 212 Å². The summed E-state index contributed by atoms with van der Waals surface area (Å²) in [6.07, 6.45) is 0. The number of hydrogen-bond acceptors (Lipinski definition) is 2. The molecule has 56 heavy (non-hydrogen) atoms. The first-order valence-corrected chi connectivity index (χ1v) is 19.2. The number of hydrogen-bond donors (Lipinski definition) is 0. The molecule has 0 aliphatic rings. The standard InChI is InChI=1S/C54H35NO/c1-2-14-36(15-3-1)41-31-32-49(48(35-41)42-29-28-37-16-4-5-19-40(37)34-42)55(51-26-13-25-47-45-23-10-11-27-52(45)56-54(47)51)50-33-30-39-18-7-9-22-44(39)53(50)46-24-12-20-38-17-6-8-21-43(38)46/h1-35H. The minimum Gasteiger partial charge on any atom is -0.454 e. The van der Waals surface area contributed by atoms with E-state index in [-0.39, 0.29) is 0 Å². The maximum Gasteiger partial charge on any atom is 0.159 e. The predicted molar refractivity (Wildman–Crippen MR) is 237 cm³/mol. The van der Waals surface area contributed by atoms with Gasteiger partial charge in [-0.1, -0.05) is 176 Å². The summed E-state index contributed by atoms with van der Waals surface area (Å²) < 4.78 is 6.87. The highest BCUT2D eigenvalue weighted by Gasteiger charge is 2.26. The van der Waals surface area contributed by atoms with Crippen molar-refractivity contribution in [3.63, 3.8) is 0 Å². The van der Waals surface area contributed by atoms with Gasteiger partial charge in [0.15, 0.2) is 5.58 Å². The van der Waals surface area contributed by atoms with Crippen LogP contribution in [-0.2, 0) is 0 Å². The van der Waals surface area contributed by atoms with Gasteiger partial charge in [0, 0.05) is 21.9 Å². The van der Waals surface area contributed by atoms with E-state index >= 15 is 0 Å². The summed E-state index contributed by atoms with van der Waals surface area (Å²) >= 11 is 0. The first-order valence-electron chi connectivity index (χ1n) is 19.2. The second-order valence-corrected chi connectivity index (χ2v) is 14.5. The van der Waals surface area contributed by atoms with Gasteiger partial charge in [0.1, 0.15) is 5.58 Å². The average Bonchev–Trinajstić information content (AvgIpc) is 3.66. The van der Waals surface area contributed by atoms with Crippen molar-refractivity contribution >= 4 is 71.3 Å². The summed E-state index contributed by atoms with van der Waals surface area (Å²) in [5.74, 6) is 0. The maximum absolute atomic E-state index is 6.87. The van der Waals surface area contributed by atoms with E-state index in [1.54, 1.807) is 0 Å². The fourth-order valence-corrected chi connectivity index (χ4v) is 8.60. The van der Waals surface area contributed by atoms with Gasteiger partial charge in [-0.3, -0.25) is 0 Å². The molecular weight excluding hydrogens is 679 g/mol. The Kier molecular flexibility index (Phi) is 7.53. The van der Waals surface area contributed by atoms with Gasteiger partial charge in [0.2, 0.25) is 0 Å². The van der Waals surface area contributed by atoms with Crippen molar-refractivity contribution in [1.82, 2.24) is 0 Å². The molecule has 0 aliphatic carbocycles. The van der Waals surface area contributed by atoms with Crippen molar-refractivity contribution in [1.29, 1.82) is 0 Å². The Hall–Kier alpha value is -7.42. The van der Waals surface area contributed by atoms with Crippen LogP contribution in [0.25, 0.3) is 87.6 Å². The molecule has 2 heteroatoms. The molecule has 10 aromatic carbocycles. The van der Waals surface area contributed by atoms with Gasteiger partial charge in [0.25, 0.3) is 0 Å². The van der Waals surface area contributed by atoms with Crippen LogP contribution >= 0.6 is 0 Å². The van der Waals surface area contributed by atoms with E-state index in [4.69, 9.17) is 4.42 Å². The van der Waals surface area contributed by atoms with Gasteiger partial charge in [-0.05, 0) is 91.0 Å². The average molecular weight is 714 g/mol. The Balaban J connectivity index is 1.28. The van der Waals surface area contributed by atoms with Crippen molar-refractivity contribution < 1.29 is 4.42 Å². The van der Waals surface area contributed by atoms with Crippen LogP contribution < -0.4 is 4.90 Å². The largest absolute Gasteiger partial charge is 0.454 e. The normalized spacial score (nSPS) is 11.6. The smallest absolute Gasteiger partial charge is 0.159 e. The van der Waals surface area contributed by atoms with Crippen molar-refractivity contribution in [2.75, 3.05) is 4.90 Å². The SMILES string of the molecule is c1ccc(-c2ccc(N(c3ccc4ccccc4c3-c3cccc4ccccc34)c3cccc4c3oc3ccccc34)c(-c3ccc4ccccc4c3)c2)cc1. The van der Waals surface area contributed by atoms with E-state index in [0.29, 0.717) is 0 Å². The lowest BCUT2D eigenvalue weighted by molar-refractivity contribution is 0.669. The number of fused-ring (bicyclic) bond motifs is 6. The van der Waals surface area contributed by atoms with Crippen LogP contribution in [0.1, 0.15) is 0 Å². The molecule has 1 heterocycles. The van der Waals surface area contributed by atoms with Gasteiger partial charge in [-0.2, -0.15) is 0 Å². The van der Waals surface area contributed by atoms with Gasteiger partial charge < -0.3 is 9.32 Å². The lowest BCUT2D eigenvalue weighted by atomic mass is 9.90. The molecule has 262 valence electrons. The second kappa shape index (κ2) is 13.2. The minimum atomic E-state index is 0.849. The highest BCUT2D eigenvalue weighted by Crippen LogP contribution is 2.51. The molecule has 11 aromatic rings. The number of anilines is 3. The lowest BCUT2D eigenvalue weighted by Gasteiger charge is -2.31. The molecule has 0 unspecified atom stereocenters. The monoisotopic (exact) mass is 713 g/mol. The Bertz CT molecular complexity index is 3260. The molecule has 0 radical (unpaired) electrons. The quantitative estimate of drug-likeness (QED) is 0.171. The predicted octanol–water partition coefficient (Wildman–Crippen LogP) is 15.5. The van der Waals surface area contributed by atoms with Gasteiger partial charge >= 0.3 is 0 Å². The van der Waals surface area contributed by atoms with E-state index in [9.17, 15) is 0 Å². The second-order valence-electron chi connectivity index (χ2n) is 14.5. The van der Waals surface area contributed by atoms with E-state index in [1.165, 1.54) is 49.0 Å². The Morgan fingerprint density at radius 2 is 0.911 bits per heavy atom. The first-order chi connectivity index (χ1) is 27.8. The lowest BCUT2D eigenvalue weighted by Crippen LogP contribution is -2.13. The first kappa shape index (κ1) is 32.0. The zero-order valence-electron chi connectivity index (χ0n) is 30.6. The fourth-order valence-electron chi connectivity index (χ4n) is 8.60. The Labute approximate surface area is 325 Å². The third-order valence-corrected chi connectivity index (χ3v) is 11.2. The summed E-state index contributed by atoms with van der Waals surface area (Å²) in [7, 11) is 0. The molecule has 0 saturated carbocycles. The number of furan rings is 1. The molecule has 0 N–H and O–H groups in total. The van der Waals surface area contributed by atoms with Crippen LogP contribution in [0.3, 0.4) is 0 Å². The molecule has 2 nitrogen and oxygen atoms in total. The number of benzene rings is 10. The van der Waals surface area contributed by atoms with Crippen LogP contribution in [0.15, 0.2) is 217 Å². The van der Waals surface area contributed by atoms with E-state index in [0.717, 1.165) is 55.7 Å². The summed E-state index contributed by atoms with van der Waals surface area (Å²) in [5.41, 5.74) is 11.8. The topological polar surface area (TPSA) is 16.4 Å². The molecule has 0 bridgehead atoms. The van der Waals surface area contributed by atoms with Gasteiger partial charge in [0.05, 0.1) is 17.1 Å². The number of nitrogens with zero attached hydrogens (tertiary/aromatic N) is 1. The Morgan fingerprint density at radius 3 is 1.77 bits per heavy atom. The summed E-state index contributed by atoms with van der Waals surface area (Å²) in [5, 5.41) is 9.41. The van der Waals surface area contributed by atoms with Crippen molar-refractivity contribution in [2.45, 2.75) is 0 Å². The molecule has 0 spiro atoms. The molecule has 11 rings (SSSR count). The fraction of sp³-hybridized carbons (Fsp3) is 0. The maximum atomic E-state index is 6.87. The molecular formula is C54H35NO. The summed E-state index contributed by atoms with van der Waals surface area (Å²) in [6.45, 7) is 0. The van der Waals surface area contributed by atoms with Crippen LogP contribution in [-0.4, -0.2) is 0 Å². The van der Waals surface area contributed by atoms with E-state index in [1.807, 2.05) is 6.07 Å². The Morgan fingerprint density at radius 1 is 0.304 bits per heavy atom. The molecule has 0 atom stereocenters. The zero-order chi connectivity index (χ0) is 37.0. The molecule has 0 aliphatic heterocycles. The number of para-hydroxylation sites is 2. The van der Waals surface area contributed by atoms with Crippen LogP contribution in [0, 0.1) is 0 Å². The summed E-state index contributed by atoms with van der Waals surface area (Å²) in [4.78, 5) is 2.45. The zero-order valence-corrected chi connectivity index (χ0v) is 30.6. The summed E-state index contributed by atoms with van der Waals surface area (Å²) in [6, 6.07) is 76.6. The van der Waals surface area contributed by atoms with E-state index in [2.05, 4.69) is 211 Å². The van der Waals surface area contributed by atoms with Gasteiger partial charge in [-0.15, -0.1) is 0 Å². The van der Waals surface area contributed by atoms with Gasteiger partial charge in [-0.25, -0.2) is 0 Å².